The highest BCUT2D eigenvalue weighted by molar-refractivity contribution is 6.05. The van der Waals surface area contributed by atoms with Crippen molar-refractivity contribution < 1.29 is 33.7 Å². The predicted octanol–water partition coefficient (Wildman–Crippen LogP) is 2.96. The van der Waals surface area contributed by atoms with Crippen LogP contribution in [0, 0.1) is 0 Å². The maximum absolute atomic E-state index is 12.8. The topological polar surface area (TPSA) is 123 Å². The molecule has 0 saturated carbocycles. The van der Waals surface area contributed by atoms with E-state index in [1.165, 1.54) is 7.11 Å². The van der Waals surface area contributed by atoms with E-state index < -0.39 is 17.8 Å². The van der Waals surface area contributed by atoms with Crippen LogP contribution in [0.2, 0.25) is 0 Å². The summed E-state index contributed by atoms with van der Waals surface area (Å²) in [5, 5.41) is 14.1. The average Bonchev–Trinajstić information content (AvgIpc) is 3.28. The van der Waals surface area contributed by atoms with Gasteiger partial charge in [-0.25, -0.2) is 0 Å². The van der Waals surface area contributed by atoms with Gasteiger partial charge in [0, 0.05) is 18.5 Å². The van der Waals surface area contributed by atoms with E-state index in [1.54, 1.807) is 48.5 Å². The van der Waals surface area contributed by atoms with E-state index in [1.807, 2.05) is 0 Å². The summed E-state index contributed by atoms with van der Waals surface area (Å²) in [5.41, 5.74) is 1.09. The summed E-state index contributed by atoms with van der Waals surface area (Å²) in [7, 11) is 1.54. The normalized spacial score (nSPS) is 12.2. The fourth-order valence-corrected chi connectivity index (χ4v) is 3.14. The minimum Gasteiger partial charge on any atom is -0.497 e. The zero-order chi connectivity index (χ0) is 23.6. The molecule has 9 nitrogen and oxygen atoms in total. The lowest BCUT2D eigenvalue weighted by Gasteiger charge is -2.12. The second-order valence-electron chi connectivity index (χ2n) is 7.31. The van der Waals surface area contributed by atoms with Gasteiger partial charge in [-0.1, -0.05) is 12.5 Å². The van der Waals surface area contributed by atoms with Crippen LogP contribution >= 0.6 is 0 Å². The Balaban J connectivity index is 1.70. The highest BCUT2D eigenvalue weighted by Crippen LogP contribution is 2.33. The van der Waals surface area contributed by atoms with Gasteiger partial charge in [-0.2, -0.15) is 0 Å². The van der Waals surface area contributed by atoms with Gasteiger partial charge in [0.15, 0.2) is 11.5 Å². The SMILES string of the molecule is COc1ccc(C(=O)NC(=Cc2ccc3c(c2)OCO3)C(=O)NCCCCCC(=O)O)cc1. The molecule has 174 valence electrons. The second-order valence-corrected chi connectivity index (χ2v) is 7.31. The molecule has 2 aromatic rings. The van der Waals surface area contributed by atoms with Crippen LogP contribution in [0.4, 0.5) is 0 Å². The Bertz CT molecular complexity index is 1030. The zero-order valence-corrected chi connectivity index (χ0v) is 18.3. The average molecular weight is 454 g/mol. The van der Waals surface area contributed by atoms with Crippen LogP contribution < -0.4 is 24.8 Å². The first-order valence-corrected chi connectivity index (χ1v) is 10.5. The van der Waals surface area contributed by atoms with E-state index in [0.29, 0.717) is 54.2 Å². The summed E-state index contributed by atoms with van der Waals surface area (Å²) in [4.78, 5) is 36.2. The van der Waals surface area contributed by atoms with Gasteiger partial charge in [-0.05, 0) is 60.9 Å². The fourth-order valence-electron chi connectivity index (χ4n) is 3.14. The number of hydrogen-bond acceptors (Lipinski definition) is 6. The number of carbonyl (C=O) groups excluding carboxylic acids is 2. The molecule has 0 aromatic heterocycles. The monoisotopic (exact) mass is 454 g/mol. The van der Waals surface area contributed by atoms with Crippen molar-refractivity contribution in [1.29, 1.82) is 0 Å². The second kappa shape index (κ2) is 11.6. The summed E-state index contributed by atoms with van der Waals surface area (Å²) in [6, 6.07) is 11.7. The van der Waals surface area contributed by atoms with Crippen molar-refractivity contribution in [3.8, 4) is 17.2 Å². The number of carboxylic acid groups (broad SMARTS) is 1. The van der Waals surface area contributed by atoms with Crippen LogP contribution in [0.1, 0.15) is 41.6 Å². The van der Waals surface area contributed by atoms with Crippen LogP contribution in [0.5, 0.6) is 17.2 Å². The number of amides is 2. The first-order valence-electron chi connectivity index (χ1n) is 10.5. The Kier molecular flexibility index (Phi) is 8.29. The molecule has 0 saturated heterocycles. The number of hydrogen-bond donors (Lipinski definition) is 3. The summed E-state index contributed by atoms with van der Waals surface area (Å²) < 4.78 is 15.8. The van der Waals surface area contributed by atoms with Gasteiger partial charge in [-0.3, -0.25) is 14.4 Å². The molecule has 3 N–H and O–H groups in total. The van der Waals surface area contributed by atoms with E-state index in [9.17, 15) is 14.4 Å². The Morgan fingerprint density at radius 1 is 1.03 bits per heavy atom. The molecule has 0 spiro atoms. The largest absolute Gasteiger partial charge is 0.497 e. The van der Waals surface area contributed by atoms with E-state index in [0.717, 1.165) is 0 Å². The predicted molar refractivity (Wildman–Crippen MR) is 120 cm³/mol. The van der Waals surface area contributed by atoms with Crippen molar-refractivity contribution in [2.75, 3.05) is 20.4 Å². The summed E-state index contributed by atoms with van der Waals surface area (Å²) >= 11 is 0. The molecule has 1 aliphatic heterocycles. The molecule has 0 bridgehead atoms. The van der Waals surface area contributed by atoms with Gasteiger partial charge in [-0.15, -0.1) is 0 Å². The Morgan fingerprint density at radius 3 is 2.52 bits per heavy atom. The van der Waals surface area contributed by atoms with E-state index >= 15 is 0 Å². The minimum atomic E-state index is -0.839. The molecule has 0 unspecified atom stereocenters. The third-order valence-corrected chi connectivity index (χ3v) is 4.91. The molecule has 0 atom stereocenters. The summed E-state index contributed by atoms with van der Waals surface area (Å²) in [6.07, 6.45) is 3.50. The van der Waals surface area contributed by atoms with E-state index in [2.05, 4.69) is 10.6 Å². The summed E-state index contributed by atoms with van der Waals surface area (Å²) in [5.74, 6) is 0.0526. The molecule has 9 heteroatoms. The lowest BCUT2D eigenvalue weighted by molar-refractivity contribution is -0.137. The van der Waals surface area contributed by atoms with E-state index in [4.69, 9.17) is 19.3 Å². The highest BCUT2D eigenvalue weighted by Gasteiger charge is 2.17. The lowest BCUT2D eigenvalue weighted by Crippen LogP contribution is -2.35. The molecular weight excluding hydrogens is 428 g/mol. The Labute approximate surface area is 191 Å². The number of benzene rings is 2. The highest BCUT2D eigenvalue weighted by atomic mass is 16.7. The maximum Gasteiger partial charge on any atom is 0.303 e. The van der Waals surface area contributed by atoms with E-state index in [-0.39, 0.29) is 18.9 Å². The first kappa shape index (κ1) is 23.6. The molecule has 0 radical (unpaired) electrons. The van der Waals surface area contributed by atoms with Crippen LogP contribution in [-0.2, 0) is 9.59 Å². The third-order valence-electron chi connectivity index (χ3n) is 4.91. The number of aliphatic carboxylic acids is 1. The molecule has 2 aromatic carbocycles. The number of unbranched alkanes of at least 4 members (excludes halogenated alkanes) is 2. The number of nitrogens with one attached hydrogen (secondary N) is 2. The molecular formula is C24H26N2O7. The summed E-state index contributed by atoms with van der Waals surface area (Å²) in [6.45, 7) is 0.487. The molecule has 1 heterocycles. The van der Waals surface area contributed by atoms with Crippen molar-refractivity contribution in [1.82, 2.24) is 10.6 Å². The molecule has 1 aliphatic rings. The third kappa shape index (κ3) is 6.99. The van der Waals surface area contributed by atoms with Crippen LogP contribution in [0.3, 0.4) is 0 Å². The smallest absolute Gasteiger partial charge is 0.303 e. The maximum atomic E-state index is 12.8. The Hall–Kier alpha value is -4.01. The van der Waals surface area contributed by atoms with Crippen molar-refractivity contribution in [2.45, 2.75) is 25.7 Å². The number of fused-ring (bicyclic) bond motifs is 1. The first-order chi connectivity index (χ1) is 16.0. The van der Waals surface area contributed by atoms with Gasteiger partial charge >= 0.3 is 5.97 Å². The van der Waals surface area contributed by atoms with Crippen molar-refractivity contribution >= 4 is 23.9 Å². The van der Waals surface area contributed by atoms with Gasteiger partial charge in [0.1, 0.15) is 11.4 Å². The number of ether oxygens (including phenoxy) is 3. The molecule has 3 rings (SSSR count). The van der Waals surface area contributed by atoms with Crippen molar-refractivity contribution in [2.24, 2.45) is 0 Å². The van der Waals surface area contributed by atoms with Gasteiger partial charge in [0.05, 0.1) is 7.11 Å². The molecule has 2 amide bonds. The zero-order valence-electron chi connectivity index (χ0n) is 18.3. The molecule has 33 heavy (non-hydrogen) atoms. The number of carbonyl (C=O) groups is 3. The molecule has 0 aliphatic carbocycles. The van der Waals surface area contributed by atoms with Crippen LogP contribution in [0.15, 0.2) is 48.2 Å². The quantitative estimate of drug-likeness (QED) is 0.352. The Morgan fingerprint density at radius 2 is 1.79 bits per heavy atom. The standard InChI is InChI=1S/C24H26N2O7/c1-31-18-9-7-17(8-10-18)23(29)26-19(24(30)25-12-4-2-3-5-22(27)28)13-16-6-11-20-21(14-16)33-15-32-20/h6-11,13-14H,2-5,12,15H2,1H3,(H,25,30)(H,26,29)(H,27,28). The number of rotatable bonds is 11. The van der Waals surface area contributed by atoms with Gasteiger partial charge < -0.3 is 30.0 Å². The number of carboxylic acids is 1. The minimum absolute atomic E-state index is 0.0696. The lowest BCUT2D eigenvalue weighted by atomic mass is 10.1. The van der Waals surface area contributed by atoms with Gasteiger partial charge in [0.2, 0.25) is 6.79 Å². The van der Waals surface area contributed by atoms with Crippen LogP contribution in [0.25, 0.3) is 6.08 Å². The van der Waals surface area contributed by atoms with Gasteiger partial charge in [0.25, 0.3) is 11.8 Å². The number of methoxy groups -OCH3 is 1. The van der Waals surface area contributed by atoms with Crippen molar-refractivity contribution in [3.63, 3.8) is 0 Å². The van der Waals surface area contributed by atoms with Crippen LogP contribution in [-0.4, -0.2) is 43.3 Å². The molecule has 0 fully saturated rings. The van der Waals surface area contributed by atoms with Crippen molar-refractivity contribution in [3.05, 3.63) is 59.3 Å². The fraction of sp³-hybridized carbons (Fsp3) is 0.292.